The molecule has 0 saturated carbocycles. The molecule has 2 aliphatic heterocycles. The van der Waals surface area contributed by atoms with Gasteiger partial charge in [-0.3, -0.25) is 14.9 Å². The standard InChI is InChI=1S/C12H11N3O5/c16-11-9-5-20-6-10(9)13-12(17)14(11)7-1-3-8(4-2-7)15(18)19/h1-4,9-10H,5-6H2,(H,13,17). The van der Waals surface area contributed by atoms with Crippen molar-refractivity contribution in [1.82, 2.24) is 5.32 Å². The molecule has 2 aliphatic rings. The quantitative estimate of drug-likeness (QED) is 0.632. The highest BCUT2D eigenvalue weighted by Gasteiger charge is 2.45. The number of nitro groups is 1. The maximum Gasteiger partial charge on any atom is 0.329 e. The van der Waals surface area contributed by atoms with Gasteiger partial charge in [0.25, 0.3) is 5.69 Å². The second kappa shape index (κ2) is 4.57. The predicted molar refractivity (Wildman–Crippen MR) is 67.2 cm³/mol. The number of anilines is 1. The van der Waals surface area contributed by atoms with Crippen molar-refractivity contribution in [3.05, 3.63) is 34.4 Å². The van der Waals surface area contributed by atoms with Crippen molar-refractivity contribution in [2.75, 3.05) is 18.1 Å². The summed E-state index contributed by atoms with van der Waals surface area (Å²) in [6.07, 6.45) is 0. The van der Waals surface area contributed by atoms with Crippen LogP contribution in [0.15, 0.2) is 24.3 Å². The van der Waals surface area contributed by atoms with Crippen molar-refractivity contribution in [1.29, 1.82) is 0 Å². The number of urea groups is 1. The summed E-state index contributed by atoms with van der Waals surface area (Å²) in [5, 5.41) is 13.3. The molecule has 8 heteroatoms. The van der Waals surface area contributed by atoms with E-state index >= 15 is 0 Å². The van der Waals surface area contributed by atoms with Gasteiger partial charge in [-0.25, -0.2) is 9.69 Å². The Hall–Kier alpha value is -2.48. The minimum atomic E-state index is -0.539. The average molecular weight is 277 g/mol. The first-order valence-electron chi connectivity index (χ1n) is 6.04. The van der Waals surface area contributed by atoms with Crippen molar-refractivity contribution in [3.8, 4) is 0 Å². The first-order chi connectivity index (χ1) is 9.58. The molecular formula is C12H11N3O5. The molecule has 104 valence electrons. The lowest BCUT2D eigenvalue weighted by Gasteiger charge is -2.32. The number of carbonyl (C=O) groups is 2. The number of hydrogen-bond acceptors (Lipinski definition) is 5. The number of ether oxygens (including phenoxy) is 1. The van der Waals surface area contributed by atoms with Gasteiger partial charge >= 0.3 is 6.03 Å². The zero-order chi connectivity index (χ0) is 14.3. The van der Waals surface area contributed by atoms with Crippen LogP contribution in [0, 0.1) is 16.0 Å². The third kappa shape index (κ3) is 1.90. The zero-order valence-electron chi connectivity index (χ0n) is 10.3. The van der Waals surface area contributed by atoms with E-state index in [1.807, 2.05) is 0 Å². The molecule has 0 spiro atoms. The molecule has 0 bridgehead atoms. The number of hydrogen-bond donors (Lipinski definition) is 1. The fourth-order valence-corrected chi connectivity index (χ4v) is 2.40. The highest BCUT2D eigenvalue weighted by atomic mass is 16.6. The average Bonchev–Trinajstić information content (AvgIpc) is 2.87. The van der Waals surface area contributed by atoms with Gasteiger partial charge in [-0.1, -0.05) is 0 Å². The number of nitrogens with zero attached hydrogens (tertiary/aromatic N) is 2. The molecule has 1 N–H and O–H groups in total. The molecule has 2 heterocycles. The number of amides is 3. The molecule has 1 aromatic rings. The monoisotopic (exact) mass is 277 g/mol. The highest BCUT2D eigenvalue weighted by Crippen LogP contribution is 2.27. The van der Waals surface area contributed by atoms with E-state index in [1.165, 1.54) is 24.3 Å². The first kappa shape index (κ1) is 12.5. The summed E-state index contributed by atoms with van der Waals surface area (Å²) in [6.45, 7) is 0.601. The van der Waals surface area contributed by atoms with E-state index in [9.17, 15) is 19.7 Å². The Morgan fingerprint density at radius 3 is 2.60 bits per heavy atom. The third-order valence-corrected chi connectivity index (χ3v) is 3.45. The maximum absolute atomic E-state index is 12.3. The first-order valence-corrected chi connectivity index (χ1v) is 6.04. The van der Waals surface area contributed by atoms with Gasteiger partial charge in [-0.05, 0) is 12.1 Å². The van der Waals surface area contributed by atoms with Crippen molar-refractivity contribution >= 4 is 23.3 Å². The molecule has 0 radical (unpaired) electrons. The summed E-state index contributed by atoms with van der Waals surface area (Å²) < 4.78 is 5.19. The molecule has 2 saturated heterocycles. The number of benzene rings is 1. The summed E-state index contributed by atoms with van der Waals surface area (Å²) in [6, 6.07) is 4.46. The fraction of sp³-hybridized carbons (Fsp3) is 0.333. The molecule has 3 rings (SSSR count). The second-order valence-electron chi connectivity index (χ2n) is 4.65. The van der Waals surface area contributed by atoms with E-state index in [4.69, 9.17) is 4.74 Å². The highest BCUT2D eigenvalue weighted by molar-refractivity contribution is 6.17. The van der Waals surface area contributed by atoms with E-state index < -0.39 is 16.9 Å². The van der Waals surface area contributed by atoms with Gasteiger partial charge in [0.15, 0.2) is 0 Å². The van der Waals surface area contributed by atoms with E-state index in [2.05, 4.69) is 5.32 Å². The molecule has 0 aromatic heterocycles. The Balaban J connectivity index is 1.90. The van der Waals surface area contributed by atoms with Crippen LogP contribution in [0.1, 0.15) is 0 Å². The van der Waals surface area contributed by atoms with Crippen LogP contribution < -0.4 is 10.2 Å². The molecule has 20 heavy (non-hydrogen) atoms. The van der Waals surface area contributed by atoms with Gasteiger partial charge in [-0.2, -0.15) is 0 Å². The summed E-state index contributed by atoms with van der Waals surface area (Å²) in [4.78, 5) is 35.3. The normalized spacial score (nSPS) is 25.3. The Kier molecular flexibility index (Phi) is 2.87. The lowest BCUT2D eigenvalue weighted by atomic mass is 9.99. The minimum Gasteiger partial charge on any atom is -0.378 e. The number of rotatable bonds is 2. The Morgan fingerprint density at radius 2 is 1.95 bits per heavy atom. The summed E-state index contributed by atoms with van der Waals surface area (Å²) >= 11 is 0. The Labute approximate surface area is 113 Å². The van der Waals surface area contributed by atoms with E-state index in [1.54, 1.807) is 0 Å². The van der Waals surface area contributed by atoms with Crippen LogP contribution in [0.5, 0.6) is 0 Å². The lowest BCUT2D eigenvalue weighted by Crippen LogP contribution is -2.59. The van der Waals surface area contributed by atoms with Crippen molar-refractivity contribution in [2.24, 2.45) is 5.92 Å². The van der Waals surface area contributed by atoms with Crippen LogP contribution in [-0.2, 0) is 9.53 Å². The second-order valence-corrected chi connectivity index (χ2v) is 4.65. The fourth-order valence-electron chi connectivity index (χ4n) is 2.40. The van der Waals surface area contributed by atoms with Gasteiger partial charge < -0.3 is 10.1 Å². The Morgan fingerprint density at radius 1 is 1.25 bits per heavy atom. The zero-order valence-corrected chi connectivity index (χ0v) is 10.3. The van der Waals surface area contributed by atoms with Crippen LogP contribution in [0.2, 0.25) is 0 Å². The third-order valence-electron chi connectivity index (χ3n) is 3.45. The summed E-state index contributed by atoms with van der Waals surface area (Å²) in [5.41, 5.74) is 0.212. The number of non-ortho nitro benzene ring substituents is 1. The Bertz CT molecular complexity index is 585. The largest absolute Gasteiger partial charge is 0.378 e. The van der Waals surface area contributed by atoms with Gasteiger partial charge in [0, 0.05) is 12.1 Å². The topological polar surface area (TPSA) is 102 Å². The molecule has 2 atom stereocenters. The number of nitrogens with one attached hydrogen (secondary N) is 1. The lowest BCUT2D eigenvalue weighted by molar-refractivity contribution is -0.384. The molecular weight excluding hydrogens is 266 g/mol. The summed E-state index contributed by atoms with van der Waals surface area (Å²) in [5.74, 6) is -0.743. The molecule has 3 amide bonds. The smallest absolute Gasteiger partial charge is 0.329 e. The van der Waals surface area contributed by atoms with Crippen molar-refractivity contribution < 1.29 is 19.2 Å². The van der Waals surface area contributed by atoms with Crippen LogP contribution in [0.25, 0.3) is 0 Å². The number of nitro benzene ring substituents is 1. The SMILES string of the molecule is O=C1NC2COCC2C(=O)N1c1ccc([N+](=O)[O-])cc1. The number of carbonyl (C=O) groups excluding carboxylic acids is 2. The van der Waals surface area contributed by atoms with Gasteiger partial charge in [0.2, 0.25) is 5.91 Å². The van der Waals surface area contributed by atoms with Gasteiger partial charge in [0.1, 0.15) is 0 Å². The molecule has 2 unspecified atom stereocenters. The minimum absolute atomic E-state index is 0.0966. The van der Waals surface area contributed by atoms with Crippen LogP contribution >= 0.6 is 0 Å². The number of imide groups is 1. The van der Waals surface area contributed by atoms with Crippen molar-refractivity contribution in [2.45, 2.75) is 6.04 Å². The van der Waals surface area contributed by atoms with Crippen LogP contribution in [0.4, 0.5) is 16.2 Å². The van der Waals surface area contributed by atoms with Gasteiger partial charge in [-0.15, -0.1) is 0 Å². The molecule has 2 fully saturated rings. The molecule has 1 aromatic carbocycles. The van der Waals surface area contributed by atoms with Gasteiger partial charge in [0.05, 0.1) is 35.8 Å². The van der Waals surface area contributed by atoms with E-state index in [-0.39, 0.29) is 24.2 Å². The van der Waals surface area contributed by atoms with Crippen LogP contribution in [0.3, 0.4) is 0 Å². The van der Waals surface area contributed by atoms with Crippen LogP contribution in [-0.4, -0.2) is 36.1 Å². The predicted octanol–water partition coefficient (Wildman–Crippen LogP) is 0.666. The van der Waals surface area contributed by atoms with E-state index in [0.29, 0.717) is 12.3 Å². The molecule has 0 aliphatic carbocycles. The number of fused-ring (bicyclic) bond motifs is 1. The van der Waals surface area contributed by atoms with E-state index in [0.717, 1.165) is 4.90 Å². The summed E-state index contributed by atoms with van der Waals surface area (Å²) in [7, 11) is 0. The molecule has 8 nitrogen and oxygen atoms in total. The maximum atomic E-state index is 12.3. The van der Waals surface area contributed by atoms with Crippen molar-refractivity contribution in [3.63, 3.8) is 0 Å².